The zero-order valence-corrected chi connectivity index (χ0v) is 10.9. The quantitative estimate of drug-likeness (QED) is 0.469. The molecule has 0 aliphatic heterocycles. The molecule has 4 N–H and O–H groups in total. The van der Waals surface area contributed by atoms with Crippen LogP contribution in [-0.2, 0) is 9.53 Å². The third kappa shape index (κ3) is 6.97. The Morgan fingerprint density at radius 3 is 2.47 bits per heavy atom. The van der Waals surface area contributed by atoms with Crippen molar-refractivity contribution < 1.29 is 24.5 Å². The molecule has 0 heterocycles. The minimum atomic E-state index is -1.44. The van der Waals surface area contributed by atoms with Gasteiger partial charge in [-0.3, -0.25) is 0 Å². The van der Waals surface area contributed by atoms with E-state index >= 15 is 0 Å². The number of urea groups is 1. The van der Waals surface area contributed by atoms with Crippen LogP contribution in [-0.4, -0.2) is 54.1 Å². The van der Waals surface area contributed by atoms with Crippen LogP contribution < -0.4 is 10.6 Å². The fourth-order valence-electron chi connectivity index (χ4n) is 1.95. The van der Waals surface area contributed by atoms with Crippen molar-refractivity contribution >= 4 is 12.0 Å². The number of carboxylic acids is 1. The van der Waals surface area contributed by atoms with E-state index in [2.05, 4.69) is 10.6 Å². The Morgan fingerprint density at radius 2 is 1.84 bits per heavy atom. The van der Waals surface area contributed by atoms with Crippen molar-refractivity contribution in [3.63, 3.8) is 0 Å². The number of ether oxygens (including phenoxy) is 1. The predicted molar refractivity (Wildman–Crippen MR) is 67.9 cm³/mol. The molecule has 7 heteroatoms. The first-order valence-corrected chi connectivity index (χ1v) is 6.63. The maximum atomic E-state index is 11.3. The highest BCUT2D eigenvalue weighted by atomic mass is 16.5. The molecular weight excluding hydrogens is 252 g/mol. The second-order valence-electron chi connectivity index (χ2n) is 4.60. The molecule has 1 saturated carbocycles. The van der Waals surface area contributed by atoms with E-state index in [4.69, 9.17) is 14.9 Å². The third-order valence-electron chi connectivity index (χ3n) is 3.03. The topological polar surface area (TPSA) is 108 Å². The zero-order chi connectivity index (χ0) is 14.1. The molecule has 0 aromatic rings. The molecule has 0 radical (unpaired) electrons. The molecule has 2 amide bonds. The van der Waals surface area contributed by atoms with Gasteiger partial charge in [-0.1, -0.05) is 12.8 Å². The molecule has 19 heavy (non-hydrogen) atoms. The van der Waals surface area contributed by atoms with E-state index < -0.39 is 12.1 Å². The summed E-state index contributed by atoms with van der Waals surface area (Å²) in [4.78, 5) is 21.6. The van der Waals surface area contributed by atoms with Gasteiger partial charge in [-0.15, -0.1) is 0 Å². The van der Waals surface area contributed by atoms with Crippen molar-refractivity contribution in [2.75, 3.05) is 19.7 Å². The van der Waals surface area contributed by atoms with Crippen molar-refractivity contribution in [2.45, 2.75) is 44.3 Å². The molecule has 1 aliphatic carbocycles. The molecule has 0 unspecified atom stereocenters. The van der Waals surface area contributed by atoms with Crippen LogP contribution in [0.2, 0.25) is 0 Å². The first-order valence-electron chi connectivity index (χ1n) is 6.63. The first-order chi connectivity index (χ1) is 9.09. The number of rotatable bonds is 8. The highest BCUT2D eigenvalue weighted by Gasteiger charge is 2.15. The lowest BCUT2D eigenvalue weighted by Crippen LogP contribution is -2.39. The molecule has 0 aromatic carbocycles. The number of carboxylic acid groups (broad SMARTS) is 1. The van der Waals surface area contributed by atoms with Gasteiger partial charge in [-0.25, -0.2) is 9.59 Å². The number of carbonyl (C=O) groups is 2. The molecule has 0 spiro atoms. The number of aliphatic carboxylic acids is 1. The highest BCUT2D eigenvalue weighted by Crippen LogP contribution is 2.20. The third-order valence-corrected chi connectivity index (χ3v) is 3.03. The fourth-order valence-corrected chi connectivity index (χ4v) is 1.95. The van der Waals surface area contributed by atoms with Gasteiger partial charge >= 0.3 is 12.0 Å². The van der Waals surface area contributed by atoms with Gasteiger partial charge in [0.1, 0.15) is 0 Å². The van der Waals surface area contributed by atoms with Crippen LogP contribution in [0, 0.1) is 0 Å². The summed E-state index contributed by atoms with van der Waals surface area (Å²) in [7, 11) is 0. The summed E-state index contributed by atoms with van der Waals surface area (Å²) in [5.74, 6) is -1.29. The summed E-state index contributed by atoms with van der Waals surface area (Å²) in [6, 6.07) is -0.382. The van der Waals surface area contributed by atoms with Crippen molar-refractivity contribution in [1.82, 2.24) is 10.6 Å². The van der Waals surface area contributed by atoms with Crippen molar-refractivity contribution in [3.8, 4) is 0 Å². The van der Waals surface area contributed by atoms with Gasteiger partial charge in [0.2, 0.25) is 0 Å². The number of nitrogens with one attached hydrogen (secondary N) is 2. The number of carbonyl (C=O) groups excluding carboxylic acids is 1. The fraction of sp³-hybridized carbons (Fsp3) is 0.833. The van der Waals surface area contributed by atoms with Crippen LogP contribution in [0.25, 0.3) is 0 Å². The summed E-state index contributed by atoms with van der Waals surface area (Å²) in [5, 5.41) is 22.5. The maximum Gasteiger partial charge on any atom is 0.332 e. The lowest BCUT2D eigenvalue weighted by Gasteiger charge is -2.12. The molecule has 1 rings (SSSR count). The Kier molecular flexibility index (Phi) is 7.20. The van der Waals surface area contributed by atoms with Gasteiger partial charge in [0.05, 0.1) is 12.7 Å². The Bertz CT molecular complexity index is 292. The molecule has 7 nitrogen and oxygen atoms in total. The minimum absolute atomic E-state index is 0.0126. The Hall–Kier alpha value is -1.34. The van der Waals surface area contributed by atoms with Crippen molar-refractivity contribution in [3.05, 3.63) is 0 Å². The molecule has 110 valence electrons. The van der Waals surface area contributed by atoms with E-state index in [1.807, 2.05) is 0 Å². The van der Waals surface area contributed by atoms with E-state index in [9.17, 15) is 9.59 Å². The normalized spacial score (nSPS) is 17.1. The molecule has 0 saturated heterocycles. The van der Waals surface area contributed by atoms with Crippen LogP contribution in [0.4, 0.5) is 4.79 Å². The maximum absolute atomic E-state index is 11.3. The summed E-state index contributed by atoms with van der Waals surface area (Å²) in [6.07, 6.45) is 3.50. The Balaban J connectivity index is 1.94. The summed E-state index contributed by atoms with van der Waals surface area (Å²) >= 11 is 0. The average Bonchev–Trinajstić information content (AvgIpc) is 2.87. The predicted octanol–water partition coefficient (Wildman–Crippen LogP) is 0.0804. The number of hydrogen-bond donors (Lipinski definition) is 4. The summed E-state index contributed by atoms with van der Waals surface area (Å²) in [5.41, 5.74) is 0. The van der Waals surface area contributed by atoms with Gasteiger partial charge in [-0.2, -0.15) is 0 Å². The zero-order valence-electron chi connectivity index (χ0n) is 10.9. The van der Waals surface area contributed by atoms with E-state index in [0.29, 0.717) is 19.3 Å². The SMILES string of the molecule is O=C(NCCOC1CCCC1)NCC[C@H](O)C(=O)O. The van der Waals surface area contributed by atoms with Gasteiger partial charge in [0, 0.05) is 19.5 Å². The number of aliphatic hydroxyl groups is 1. The van der Waals surface area contributed by atoms with E-state index in [-0.39, 0.29) is 19.0 Å². The summed E-state index contributed by atoms with van der Waals surface area (Å²) < 4.78 is 5.57. The molecule has 0 bridgehead atoms. The highest BCUT2D eigenvalue weighted by molar-refractivity contribution is 5.74. The Labute approximate surface area is 112 Å². The van der Waals surface area contributed by atoms with Gasteiger partial charge < -0.3 is 25.6 Å². The van der Waals surface area contributed by atoms with Crippen LogP contribution in [0.3, 0.4) is 0 Å². The number of hydrogen-bond acceptors (Lipinski definition) is 4. The molecule has 1 fully saturated rings. The Morgan fingerprint density at radius 1 is 1.21 bits per heavy atom. The molecule has 0 aromatic heterocycles. The van der Waals surface area contributed by atoms with E-state index in [1.165, 1.54) is 12.8 Å². The minimum Gasteiger partial charge on any atom is -0.479 e. The van der Waals surface area contributed by atoms with Gasteiger partial charge in [0.25, 0.3) is 0 Å². The van der Waals surface area contributed by atoms with Crippen molar-refractivity contribution in [1.29, 1.82) is 0 Å². The smallest absolute Gasteiger partial charge is 0.332 e. The average molecular weight is 274 g/mol. The van der Waals surface area contributed by atoms with Crippen LogP contribution in [0.15, 0.2) is 0 Å². The van der Waals surface area contributed by atoms with E-state index in [1.54, 1.807) is 0 Å². The van der Waals surface area contributed by atoms with Gasteiger partial charge in [0.15, 0.2) is 6.10 Å². The van der Waals surface area contributed by atoms with E-state index in [0.717, 1.165) is 12.8 Å². The van der Waals surface area contributed by atoms with Crippen molar-refractivity contribution in [2.24, 2.45) is 0 Å². The first kappa shape index (κ1) is 15.7. The standard InChI is InChI=1S/C12H22N2O5/c15-10(11(16)17)5-6-13-12(18)14-7-8-19-9-3-1-2-4-9/h9-10,15H,1-8H2,(H,16,17)(H2,13,14,18)/t10-/m0/s1. The largest absolute Gasteiger partial charge is 0.479 e. The second kappa shape index (κ2) is 8.71. The van der Waals surface area contributed by atoms with Crippen LogP contribution in [0.1, 0.15) is 32.1 Å². The summed E-state index contributed by atoms with van der Waals surface area (Å²) in [6.45, 7) is 1.02. The number of aliphatic hydroxyl groups excluding tert-OH is 1. The van der Waals surface area contributed by atoms with Crippen LogP contribution in [0.5, 0.6) is 0 Å². The monoisotopic (exact) mass is 274 g/mol. The van der Waals surface area contributed by atoms with Crippen LogP contribution >= 0.6 is 0 Å². The number of amides is 2. The lowest BCUT2D eigenvalue weighted by molar-refractivity contribution is -0.146. The molecular formula is C12H22N2O5. The lowest BCUT2D eigenvalue weighted by atomic mass is 10.2. The molecule has 1 atom stereocenters. The molecule has 1 aliphatic rings. The van der Waals surface area contributed by atoms with Gasteiger partial charge in [-0.05, 0) is 12.8 Å². The second-order valence-corrected chi connectivity index (χ2v) is 4.60.